The predicted molar refractivity (Wildman–Crippen MR) is 103 cm³/mol. The number of nitrogens with zero attached hydrogens (tertiary/aromatic N) is 1. The van der Waals surface area contributed by atoms with Gasteiger partial charge < -0.3 is 10.1 Å². The van der Waals surface area contributed by atoms with Gasteiger partial charge in [0, 0.05) is 6.08 Å². The number of carbonyl (C=O) groups excluding carboxylic acids is 3. The van der Waals surface area contributed by atoms with E-state index < -0.39 is 18.0 Å². The summed E-state index contributed by atoms with van der Waals surface area (Å²) in [7, 11) is 0. The van der Waals surface area contributed by atoms with Crippen LogP contribution in [0.2, 0.25) is 0 Å². The number of rotatable bonds is 4. The molecule has 2 aromatic rings. The van der Waals surface area contributed by atoms with E-state index in [1.54, 1.807) is 30.3 Å². The van der Waals surface area contributed by atoms with Crippen molar-refractivity contribution in [1.82, 2.24) is 0 Å². The number of nitrogens with one attached hydrogen (secondary N) is 1. The van der Waals surface area contributed by atoms with Gasteiger partial charge in [0.1, 0.15) is 6.54 Å². The highest BCUT2D eigenvalue weighted by Crippen LogP contribution is 2.29. The number of benzene rings is 2. The molecule has 3 rings (SSSR count). The molecule has 0 radical (unpaired) electrons. The summed E-state index contributed by atoms with van der Waals surface area (Å²) in [4.78, 5) is 37.9. The van der Waals surface area contributed by atoms with Crippen LogP contribution in [0.5, 0.6) is 0 Å². The Balaban J connectivity index is 1.66. The Bertz CT molecular complexity index is 903. The summed E-state index contributed by atoms with van der Waals surface area (Å²) in [6.45, 7) is 3.36. The topological polar surface area (TPSA) is 75.7 Å². The fourth-order valence-corrected chi connectivity index (χ4v) is 2.76. The van der Waals surface area contributed by atoms with Crippen molar-refractivity contribution in [2.24, 2.45) is 0 Å². The monoisotopic (exact) mass is 364 g/mol. The van der Waals surface area contributed by atoms with Gasteiger partial charge in [0.05, 0.1) is 11.4 Å². The number of carbonyl (C=O) groups is 3. The molecule has 6 nitrogen and oxygen atoms in total. The first-order valence-corrected chi connectivity index (χ1v) is 8.59. The lowest BCUT2D eigenvalue weighted by molar-refractivity contribution is -0.149. The number of para-hydroxylation sites is 2. The first-order chi connectivity index (χ1) is 12.9. The van der Waals surface area contributed by atoms with Gasteiger partial charge in [-0.25, -0.2) is 4.79 Å². The number of hydrogen-bond donors (Lipinski definition) is 1. The third kappa shape index (κ3) is 4.41. The average Bonchev–Trinajstić information content (AvgIpc) is 2.66. The fraction of sp³-hybridized carbons (Fsp3) is 0.190. The summed E-state index contributed by atoms with van der Waals surface area (Å²) >= 11 is 0. The Hall–Kier alpha value is -3.41. The van der Waals surface area contributed by atoms with Crippen molar-refractivity contribution >= 4 is 35.2 Å². The largest absolute Gasteiger partial charge is 0.449 e. The summed E-state index contributed by atoms with van der Waals surface area (Å²) in [6, 6.07) is 14.6. The summed E-state index contributed by atoms with van der Waals surface area (Å²) in [5.74, 6) is -1.36. The number of hydrogen-bond acceptors (Lipinski definition) is 4. The van der Waals surface area contributed by atoms with Gasteiger partial charge in [0.2, 0.25) is 5.91 Å². The molecule has 27 heavy (non-hydrogen) atoms. The highest BCUT2D eigenvalue weighted by molar-refractivity contribution is 6.11. The molecule has 6 heteroatoms. The van der Waals surface area contributed by atoms with Gasteiger partial charge in [-0.05, 0) is 37.6 Å². The van der Waals surface area contributed by atoms with Crippen LogP contribution in [-0.4, -0.2) is 30.4 Å². The van der Waals surface area contributed by atoms with Gasteiger partial charge in [0.15, 0.2) is 6.10 Å². The van der Waals surface area contributed by atoms with Gasteiger partial charge >= 0.3 is 5.97 Å². The van der Waals surface area contributed by atoms with E-state index in [0.29, 0.717) is 11.4 Å². The summed E-state index contributed by atoms with van der Waals surface area (Å²) < 4.78 is 5.21. The van der Waals surface area contributed by atoms with E-state index in [-0.39, 0.29) is 12.5 Å². The van der Waals surface area contributed by atoms with Gasteiger partial charge in [-0.1, -0.05) is 42.0 Å². The Morgan fingerprint density at radius 1 is 1.15 bits per heavy atom. The molecular weight excluding hydrogens is 344 g/mol. The maximum atomic E-state index is 12.7. The maximum Gasteiger partial charge on any atom is 0.331 e. The second-order valence-corrected chi connectivity index (χ2v) is 6.31. The molecule has 0 unspecified atom stereocenters. The van der Waals surface area contributed by atoms with Crippen LogP contribution in [0.3, 0.4) is 0 Å². The van der Waals surface area contributed by atoms with Crippen molar-refractivity contribution in [2.75, 3.05) is 16.8 Å². The lowest BCUT2D eigenvalue weighted by Crippen LogP contribution is -2.46. The molecule has 1 N–H and O–H groups in total. The first-order valence-electron chi connectivity index (χ1n) is 8.59. The van der Waals surface area contributed by atoms with Crippen LogP contribution >= 0.6 is 0 Å². The molecule has 0 aliphatic carbocycles. The number of esters is 1. The highest BCUT2D eigenvalue weighted by Gasteiger charge is 2.30. The summed E-state index contributed by atoms with van der Waals surface area (Å²) in [5, 5.41) is 2.72. The van der Waals surface area contributed by atoms with Crippen molar-refractivity contribution in [2.45, 2.75) is 20.0 Å². The van der Waals surface area contributed by atoms with Gasteiger partial charge in [-0.15, -0.1) is 0 Å². The summed E-state index contributed by atoms with van der Waals surface area (Å²) in [6.07, 6.45) is 1.90. The zero-order chi connectivity index (χ0) is 19.4. The van der Waals surface area contributed by atoms with Gasteiger partial charge in [-0.3, -0.25) is 14.5 Å². The SMILES string of the molecule is Cc1ccc(/C=C/C(=O)O[C@H](C)C(=O)N2CC(=O)Nc3ccccc32)cc1. The van der Waals surface area contributed by atoms with Crippen LogP contribution in [0.4, 0.5) is 11.4 Å². The fourth-order valence-electron chi connectivity index (χ4n) is 2.76. The second kappa shape index (κ2) is 7.86. The third-order valence-corrected chi connectivity index (χ3v) is 4.17. The first kappa shape index (κ1) is 18.4. The van der Waals surface area contributed by atoms with Crippen LogP contribution in [0.15, 0.2) is 54.6 Å². The van der Waals surface area contributed by atoms with E-state index in [1.807, 2.05) is 31.2 Å². The van der Waals surface area contributed by atoms with Crippen LogP contribution in [0.25, 0.3) is 6.08 Å². The maximum absolute atomic E-state index is 12.7. The lowest BCUT2D eigenvalue weighted by atomic mass is 10.1. The molecule has 1 aliphatic rings. The molecule has 0 fully saturated rings. The van der Waals surface area contributed by atoms with E-state index in [2.05, 4.69) is 5.32 Å². The molecule has 138 valence electrons. The molecule has 0 aromatic heterocycles. The van der Waals surface area contributed by atoms with E-state index in [4.69, 9.17) is 4.74 Å². The molecule has 0 saturated carbocycles. The average molecular weight is 364 g/mol. The van der Waals surface area contributed by atoms with Crippen molar-refractivity contribution in [3.05, 3.63) is 65.7 Å². The van der Waals surface area contributed by atoms with E-state index in [0.717, 1.165) is 11.1 Å². The van der Waals surface area contributed by atoms with Crippen LogP contribution in [0.1, 0.15) is 18.1 Å². The van der Waals surface area contributed by atoms with Crippen LogP contribution in [-0.2, 0) is 19.1 Å². The zero-order valence-electron chi connectivity index (χ0n) is 15.1. The highest BCUT2D eigenvalue weighted by atomic mass is 16.5. The number of amides is 2. The van der Waals surface area contributed by atoms with Crippen molar-refractivity contribution in [3.8, 4) is 0 Å². The summed E-state index contributed by atoms with van der Waals surface area (Å²) in [5.41, 5.74) is 3.12. The second-order valence-electron chi connectivity index (χ2n) is 6.31. The molecule has 0 bridgehead atoms. The van der Waals surface area contributed by atoms with Crippen LogP contribution in [0, 0.1) is 6.92 Å². The predicted octanol–water partition coefficient (Wildman–Crippen LogP) is 2.93. The number of ether oxygens (including phenoxy) is 1. The molecule has 1 heterocycles. The third-order valence-electron chi connectivity index (χ3n) is 4.17. The van der Waals surface area contributed by atoms with Crippen molar-refractivity contribution in [3.63, 3.8) is 0 Å². The Kier molecular flexibility index (Phi) is 5.35. The Morgan fingerprint density at radius 3 is 2.59 bits per heavy atom. The van der Waals surface area contributed by atoms with E-state index in [9.17, 15) is 14.4 Å². The Labute approximate surface area is 157 Å². The van der Waals surface area contributed by atoms with Gasteiger partial charge in [0.25, 0.3) is 5.91 Å². The van der Waals surface area contributed by atoms with Crippen molar-refractivity contribution < 1.29 is 19.1 Å². The minimum Gasteiger partial charge on any atom is -0.449 e. The molecule has 2 aromatic carbocycles. The molecule has 0 saturated heterocycles. The lowest BCUT2D eigenvalue weighted by Gasteiger charge is -2.30. The number of anilines is 2. The number of fused-ring (bicyclic) bond motifs is 1. The number of aryl methyl sites for hydroxylation is 1. The molecule has 2 amide bonds. The minimum atomic E-state index is -1.01. The van der Waals surface area contributed by atoms with Crippen LogP contribution < -0.4 is 10.2 Å². The quantitative estimate of drug-likeness (QED) is 0.669. The molecular formula is C21H20N2O4. The Morgan fingerprint density at radius 2 is 1.85 bits per heavy atom. The van der Waals surface area contributed by atoms with E-state index >= 15 is 0 Å². The molecule has 0 spiro atoms. The normalized spacial score (nSPS) is 14.4. The van der Waals surface area contributed by atoms with E-state index in [1.165, 1.54) is 17.9 Å². The standard InChI is InChI=1S/C21H20N2O4/c1-14-7-9-16(10-8-14)11-12-20(25)27-15(2)21(26)23-13-19(24)22-17-5-3-4-6-18(17)23/h3-12,15H,13H2,1-2H3,(H,22,24)/b12-11+/t15-/m1/s1. The molecule has 1 aliphatic heterocycles. The molecule has 1 atom stereocenters. The zero-order valence-corrected chi connectivity index (χ0v) is 15.1. The smallest absolute Gasteiger partial charge is 0.331 e. The van der Waals surface area contributed by atoms with Gasteiger partial charge in [-0.2, -0.15) is 0 Å². The minimum absolute atomic E-state index is 0.114. The van der Waals surface area contributed by atoms with Crippen molar-refractivity contribution in [1.29, 1.82) is 0 Å².